The van der Waals surface area contributed by atoms with E-state index < -0.39 is 19.5 Å². The predicted molar refractivity (Wildman–Crippen MR) is 105 cm³/mol. The Morgan fingerprint density at radius 3 is 2.63 bits per heavy atom. The maximum atomic E-state index is 13.4. The second-order valence-electron chi connectivity index (χ2n) is 6.33. The van der Waals surface area contributed by atoms with Crippen LogP contribution in [0.25, 0.3) is 10.1 Å². The molecule has 0 fully saturated rings. The van der Waals surface area contributed by atoms with E-state index in [0.29, 0.717) is 10.4 Å². The van der Waals surface area contributed by atoms with Crippen molar-refractivity contribution in [2.75, 3.05) is 6.16 Å². The van der Waals surface area contributed by atoms with E-state index in [2.05, 4.69) is 5.32 Å². The van der Waals surface area contributed by atoms with Gasteiger partial charge in [0, 0.05) is 10.7 Å². The maximum Gasteiger partial charge on any atom is 0.325 e. The SMILES string of the molecule is O=C(N[C@H](CCP(=O)(O)O)Cc1cccc(F)c1)c1cc2ccccc2s1. The predicted octanol–water partition coefficient (Wildman–Crippen LogP) is 3.95. The van der Waals surface area contributed by atoms with Crippen LogP contribution in [-0.2, 0) is 11.0 Å². The van der Waals surface area contributed by atoms with Gasteiger partial charge in [-0.05, 0) is 48.1 Å². The van der Waals surface area contributed by atoms with Gasteiger partial charge in [0.15, 0.2) is 0 Å². The van der Waals surface area contributed by atoms with Gasteiger partial charge in [-0.25, -0.2) is 4.39 Å². The summed E-state index contributed by atoms with van der Waals surface area (Å²) in [5.41, 5.74) is 0.655. The lowest BCUT2D eigenvalue weighted by Gasteiger charge is -2.19. The Kier molecular flexibility index (Phi) is 6.07. The summed E-state index contributed by atoms with van der Waals surface area (Å²) in [6.45, 7) is 0. The Labute approximate surface area is 160 Å². The summed E-state index contributed by atoms with van der Waals surface area (Å²) in [4.78, 5) is 31.5. The highest BCUT2D eigenvalue weighted by molar-refractivity contribution is 7.51. The molecule has 0 saturated carbocycles. The first-order valence-electron chi connectivity index (χ1n) is 8.38. The summed E-state index contributed by atoms with van der Waals surface area (Å²) in [5, 5.41) is 3.80. The Hall–Kier alpha value is -2.05. The zero-order chi connectivity index (χ0) is 19.4. The molecule has 0 unspecified atom stereocenters. The van der Waals surface area contributed by atoms with E-state index >= 15 is 0 Å². The van der Waals surface area contributed by atoms with Crippen molar-refractivity contribution in [2.24, 2.45) is 0 Å². The van der Waals surface area contributed by atoms with Crippen LogP contribution in [0.4, 0.5) is 4.39 Å². The molecule has 0 bridgehead atoms. The molecule has 0 aliphatic heterocycles. The first-order chi connectivity index (χ1) is 12.8. The third kappa shape index (κ3) is 5.71. The summed E-state index contributed by atoms with van der Waals surface area (Å²) in [6, 6.07) is 14.9. The van der Waals surface area contributed by atoms with Crippen LogP contribution in [0.15, 0.2) is 54.6 Å². The molecule has 0 aliphatic carbocycles. The lowest BCUT2D eigenvalue weighted by molar-refractivity contribution is 0.0939. The molecular weight excluding hydrogens is 388 g/mol. The van der Waals surface area contributed by atoms with Gasteiger partial charge in [-0.1, -0.05) is 30.3 Å². The van der Waals surface area contributed by atoms with Crippen molar-refractivity contribution in [3.63, 3.8) is 0 Å². The van der Waals surface area contributed by atoms with Crippen LogP contribution in [0.5, 0.6) is 0 Å². The molecule has 142 valence electrons. The van der Waals surface area contributed by atoms with Gasteiger partial charge in [-0.15, -0.1) is 11.3 Å². The molecule has 8 heteroatoms. The fourth-order valence-electron chi connectivity index (χ4n) is 2.85. The van der Waals surface area contributed by atoms with E-state index in [1.54, 1.807) is 18.2 Å². The van der Waals surface area contributed by atoms with E-state index in [1.165, 1.54) is 23.5 Å². The number of halogens is 1. The number of carbonyl (C=O) groups is 1. The number of amides is 1. The molecule has 3 aromatic rings. The Morgan fingerprint density at radius 2 is 1.93 bits per heavy atom. The molecule has 0 spiro atoms. The minimum atomic E-state index is -4.20. The smallest absolute Gasteiger partial charge is 0.325 e. The fourth-order valence-corrected chi connectivity index (χ4v) is 4.46. The topological polar surface area (TPSA) is 86.6 Å². The standard InChI is InChI=1S/C19H19FNO4PS/c20-15-6-3-4-13(10-15)11-16(8-9-26(23,24)25)21-19(22)18-12-14-5-1-2-7-17(14)27-18/h1-7,10,12,16H,8-9,11H2,(H,21,22)(H2,23,24,25)/t16-/m1/s1. The van der Waals surface area contributed by atoms with Crippen molar-refractivity contribution in [3.05, 3.63) is 70.9 Å². The summed E-state index contributed by atoms with van der Waals surface area (Å²) in [7, 11) is -4.20. The summed E-state index contributed by atoms with van der Waals surface area (Å²) < 4.78 is 25.7. The highest BCUT2D eigenvalue weighted by Gasteiger charge is 2.21. The monoisotopic (exact) mass is 407 g/mol. The summed E-state index contributed by atoms with van der Waals surface area (Å²) >= 11 is 1.35. The number of carbonyl (C=O) groups excluding carboxylic acids is 1. The zero-order valence-electron chi connectivity index (χ0n) is 14.3. The van der Waals surface area contributed by atoms with Gasteiger partial charge in [-0.3, -0.25) is 9.36 Å². The molecule has 2 aromatic carbocycles. The van der Waals surface area contributed by atoms with E-state index in [-0.39, 0.29) is 24.9 Å². The molecule has 3 N–H and O–H groups in total. The number of hydrogen-bond donors (Lipinski definition) is 3. The molecule has 0 saturated heterocycles. The molecule has 27 heavy (non-hydrogen) atoms. The molecule has 1 amide bonds. The average molecular weight is 407 g/mol. The summed E-state index contributed by atoms with van der Waals surface area (Å²) in [5.74, 6) is -0.694. The highest BCUT2D eigenvalue weighted by atomic mass is 32.1. The molecular formula is C19H19FNO4PS. The molecule has 1 atom stereocenters. The maximum absolute atomic E-state index is 13.4. The molecule has 1 heterocycles. The van der Waals surface area contributed by atoms with Gasteiger partial charge in [0.05, 0.1) is 11.0 Å². The Balaban J connectivity index is 1.76. The fraction of sp³-hybridized carbons (Fsp3) is 0.211. The van der Waals surface area contributed by atoms with Crippen molar-refractivity contribution in [3.8, 4) is 0 Å². The second-order valence-corrected chi connectivity index (χ2v) is 9.19. The van der Waals surface area contributed by atoms with Gasteiger partial charge in [0.2, 0.25) is 0 Å². The normalized spacial score (nSPS) is 12.9. The van der Waals surface area contributed by atoms with Crippen LogP contribution >= 0.6 is 18.9 Å². The van der Waals surface area contributed by atoms with E-state index in [4.69, 9.17) is 9.79 Å². The van der Waals surface area contributed by atoms with Gasteiger partial charge >= 0.3 is 7.60 Å². The molecule has 0 aliphatic rings. The van der Waals surface area contributed by atoms with E-state index in [9.17, 15) is 13.8 Å². The third-order valence-electron chi connectivity index (χ3n) is 4.12. The summed E-state index contributed by atoms with van der Waals surface area (Å²) in [6.07, 6.45) is 0.0332. The number of thiophene rings is 1. The lowest BCUT2D eigenvalue weighted by atomic mass is 10.0. The van der Waals surface area contributed by atoms with Crippen LogP contribution in [-0.4, -0.2) is 27.9 Å². The first kappa shape index (κ1) is 19.7. The first-order valence-corrected chi connectivity index (χ1v) is 11.0. The van der Waals surface area contributed by atoms with Crippen LogP contribution in [0.2, 0.25) is 0 Å². The van der Waals surface area contributed by atoms with E-state index in [0.717, 1.165) is 10.1 Å². The Morgan fingerprint density at radius 1 is 1.15 bits per heavy atom. The number of hydrogen-bond acceptors (Lipinski definition) is 3. The highest BCUT2D eigenvalue weighted by Crippen LogP contribution is 2.35. The van der Waals surface area contributed by atoms with Crippen molar-refractivity contribution < 1.29 is 23.5 Å². The number of nitrogens with one attached hydrogen (secondary N) is 1. The molecule has 3 rings (SSSR count). The molecule has 5 nitrogen and oxygen atoms in total. The lowest BCUT2D eigenvalue weighted by Crippen LogP contribution is -2.36. The minimum Gasteiger partial charge on any atom is -0.348 e. The third-order valence-corrected chi connectivity index (χ3v) is 6.08. The van der Waals surface area contributed by atoms with Crippen LogP contribution in [0, 0.1) is 5.82 Å². The quantitative estimate of drug-likeness (QED) is 0.518. The van der Waals surface area contributed by atoms with Crippen molar-refractivity contribution in [1.29, 1.82) is 0 Å². The van der Waals surface area contributed by atoms with Crippen molar-refractivity contribution in [1.82, 2.24) is 5.32 Å². The zero-order valence-corrected chi connectivity index (χ0v) is 16.1. The molecule has 0 radical (unpaired) electrons. The largest absolute Gasteiger partial charge is 0.348 e. The second kappa shape index (κ2) is 8.31. The van der Waals surface area contributed by atoms with Gasteiger partial charge < -0.3 is 15.1 Å². The van der Waals surface area contributed by atoms with Crippen molar-refractivity contribution >= 4 is 34.9 Å². The van der Waals surface area contributed by atoms with Gasteiger partial charge in [-0.2, -0.15) is 0 Å². The van der Waals surface area contributed by atoms with Crippen LogP contribution < -0.4 is 5.32 Å². The molecule has 1 aromatic heterocycles. The van der Waals surface area contributed by atoms with Crippen LogP contribution in [0.1, 0.15) is 21.7 Å². The van der Waals surface area contributed by atoms with Crippen LogP contribution in [0.3, 0.4) is 0 Å². The van der Waals surface area contributed by atoms with Gasteiger partial charge in [0.1, 0.15) is 5.82 Å². The van der Waals surface area contributed by atoms with Gasteiger partial charge in [0.25, 0.3) is 5.91 Å². The average Bonchev–Trinajstić information content (AvgIpc) is 3.03. The number of fused-ring (bicyclic) bond motifs is 1. The Bertz CT molecular complexity index is 967. The number of benzene rings is 2. The van der Waals surface area contributed by atoms with Crippen molar-refractivity contribution in [2.45, 2.75) is 18.9 Å². The number of rotatable bonds is 7. The minimum absolute atomic E-state index is 0.0947. The van der Waals surface area contributed by atoms with E-state index in [1.807, 2.05) is 24.3 Å².